The van der Waals surface area contributed by atoms with Gasteiger partial charge in [0.2, 0.25) is 0 Å². The van der Waals surface area contributed by atoms with Crippen LogP contribution in [0.3, 0.4) is 0 Å². The number of fused-ring (bicyclic) bond motifs is 1. The number of nitrogens with one attached hydrogen (secondary N) is 1. The van der Waals surface area contributed by atoms with Crippen LogP contribution in [0.25, 0.3) is 0 Å². The van der Waals surface area contributed by atoms with E-state index in [-0.39, 0.29) is 5.41 Å². The molecule has 3 nitrogen and oxygen atoms in total. The second kappa shape index (κ2) is 5.51. The van der Waals surface area contributed by atoms with Crippen LogP contribution in [0.1, 0.15) is 82.6 Å². The first kappa shape index (κ1) is 14.1. The highest BCUT2D eigenvalue weighted by Crippen LogP contribution is 2.35. The third-order valence-corrected chi connectivity index (χ3v) is 4.78. The van der Waals surface area contributed by atoms with Crippen LogP contribution >= 0.6 is 0 Å². The lowest BCUT2D eigenvalue weighted by Gasteiger charge is -2.28. The summed E-state index contributed by atoms with van der Waals surface area (Å²) >= 11 is 0. The van der Waals surface area contributed by atoms with Crippen molar-refractivity contribution in [2.75, 3.05) is 6.54 Å². The number of rotatable bonds is 1. The van der Waals surface area contributed by atoms with E-state index in [4.69, 9.17) is 4.98 Å². The molecule has 1 saturated carbocycles. The Morgan fingerprint density at radius 2 is 1.80 bits per heavy atom. The molecule has 112 valence electrons. The minimum atomic E-state index is 0.143. The van der Waals surface area contributed by atoms with E-state index in [9.17, 15) is 0 Å². The summed E-state index contributed by atoms with van der Waals surface area (Å²) in [4.78, 5) is 5.03. The summed E-state index contributed by atoms with van der Waals surface area (Å²) in [5, 5.41) is 3.47. The minimum absolute atomic E-state index is 0.143. The molecule has 1 aromatic rings. The van der Waals surface area contributed by atoms with Gasteiger partial charge < -0.3 is 9.88 Å². The molecule has 2 heterocycles. The predicted octanol–water partition coefficient (Wildman–Crippen LogP) is 3.72. The summed E-state index contributed by atoms with van der Waals surface area (Å²) in [5.41, 5.74) is 2.98. The van der Waals surface area contributed by atoms with Crippen LogP contribution in [0.5, 0.6) is 0 Å². The summed E-state index contributed by atoms with van der Waals surface area (Å²) in [6.45, 7) is 8.98. The Labute approximate surface area is 123 Å². The molecule has 2 aliphatic rings. The third-order valence-electron chi connectivity index (χ3n) is 4.78. The number of hydrogen-bond acceptors (Lipinski definition) is 2. The van der Waals surface area contributed by atoms with Crippen LogP contribution < -0.4 is 5.32 Å². The smallest absolute Gasteiger partial charge is 0.114 e. The number of hydrogen-bond donors (Lipinski definition) is 1. The van der Waals surface area contributed by atoms with Gasteiger partial charge in [0.1, 0.15) is 5.82 Å². The molecule has 0 bridgehead atoms. The molecule has 0 atom stereocenters. The van der Waals surface area contributed by atoms with E-state index in [1.54, 1.807) is 0 Å². The molecule has 1 aromatic heterocycles. The van der Waals surface area contributed by atoms with Gasteiger partial charge in [-0.15, -0.1) is 0 Å². The molecule has 0 saturated heterocycles. The Hall–Kier alpha value is -0.830. The standard InChI is InChI=1S/C17H29N3/c1-17(2,3)16-19-14-12-18-11-10-15(14)20(16)13-8-6-4-5-7-9-13/h13,18H,4-12H2,1-3H3. The molecule has 3 heteroatoms. The Kier molecular flexibility index (Phi) is 3.89. The van der Waals surface area contributed by atoms with E-state index < -0.39 is 0 Å². The van der Waals surface area contributed by atoms with Gasteiger partial charge in [-0.1, -0.05) is 46.5 Å². The van der Waals surface area contributed by atoms with Gasteiger partial charge >= 0.3 is 0 Å². The van der Waals surface area contributed by atoms with Gasteiger partial charge in [-0.2, -0.15) is 0 Å². The lowest BCUT2D eigenvalue weighted by Crippen LogP contribution is -2.27. The van der Waals surface area contributed by atoms with Crippen LogP contribution in [0, 0.1) is 0 Å². The quantitative estimate of drug-likeness (QED) is 0.792. The van der Waals surface area contributed by atoms with Crippen molar-refractivity contribution in [1.29, 1.82) is 0 Å². The third kappa shape index (κ3) is 2.65. The van der Waals surface area contributed by atoms with E-state index in [0.29, 0.717) is 6.04 Å². The van der Waals surface area contributed by atoms with E-state index in [1.807, 2.05) is 0 Å². The molecule has 1 fully saturated rings. The lowest BCUT2D eigenvalue weighted by molar-refractivity contribution is 0.384. The topological polar surface area (TPSA) is 29.9 Å². The van der Waals surface area contributed by atoms with Gasteiger partial charge in [0.05, 0.1) is 5.69 Å². The van der Waals surface area contributed by atoms with Crippen molar-refractivity contribution in [3.8, 4) is 0 Å². The first-order valence-corrected chi connectivity index (χ1v) is 8.38. The molecule has 0 spiro atoms. The van der Waals surface area contributed by atoms with Crippen molar-refractivity contribution in [1.82, 2.24) is 14.9 Å². The Morgan fingerprint density at radius 3 is 2.45 bits per heavy atom. The van der Waals surface area contributed by atoms with Crippen LogP contribution in [0.15, 0.2) is 0 Å². The molecular formula is C17H29N3. The SMILES string of the molecule is CC(C)(C)c1nc2c(n1C1CCCCCC1)CCNC2. The Morgan fingerprint density at radius 1 is 1.10 bits per heavy atom. The summed E-state index contributed by atoms with van der Waals surface area (Å²) < 4.78 is 2.65. The Balaban J connectivity index is 2.03. The molecule has 1 aliphatic heterocycles. The average molecular weight is 275 g/mol. The van der Waals surface area contributed by atoms with E-state index in [0.717, 1.165) is 19.5 Å². The van der Waals surface area contributed by atoms with Crippen molar-refractivity contribution < 1.29 is 0 Å². The normalized spacial score (nSPS) is 21.6. The van der Waals surface area contributed by atoms with Crippen LogP contribution in [-0.4, -0.2) is 16.1 Å². The maximum absolute atomic E-state index is 5.03. The maximum atomic E-state index is 5.03. The van der Waals surface area contributed by atoms with E-state index >= 15 is 0 Å². The fourth-order valence-corrected chi connectivity index (χ4v) is 3.77. The predicted molar refractivity (Wildman–Crippen MR) is 83.1 cm³/mol. The average Bonchev–Trinajstić information content (AvgIpc) is 2.60. The fourth-order valence-electron chi connectivity index (χ4n) is 3.77. The number of imidazole rings is 1. The highest BCUT2D eigenvalue weighted by Gasteiger charge is 2.30. The van der Waals surface area contributed by atoms with Crippen LogP contribution in [0.4, 0.5) is 0 Å². The zero-order chi connectivity index (χ0) is 14.2. The van der Waals surface area contributed by atoms with Crippen molar-refractivity contribution in [3.05, 3.63) is 17.2 Å². The van der Waals surface area contributed by atoms with Gasteiger partial charge in [-0.05, 0) is 12.8 Å². The molecule has 0 radical (unpaired) electrons. The molecule has 0 unspecified atom stereocenters. The summed E-state index contributed by atoms with van der Waals surface area (Å²) in [6.07, 6.45) is 9.45. The fraction of sp³-hybridized carbons (Fsp3) is 0.824. The number of aromatic nitrogens is 2. The second-order valence-electron chi connectivity index (χ2n) is 7.52. The molecule has 3 rings (SSSR count). The second-order valence-corrected chi connectivity index (χ2v) is 7.52. The van der Waals surface area contributed by atoms with Crippen molar-refractivity contribution >= 4 is 0 Å². The zero-order valence-corrected chi connectivity index (χ0v) is 13.3. The lowest BCUT2D eigenvalue weighted by atomic mass is 9.94. The largest absolute Gasteiger partial charge is 0.328 e. The number of nitrogens with zero attached hydrogens (tertiary/aromatic N) is 2. The van der Waals surface area contributed by atoms with Gasteiger partial charge in [0.15, 0.2) is 0 Å². The van der Waals surface area contributed by atoms with Crippen molar-refractivity contribution in [2.24, 2.45) is 0 Å². The zero-order valence-electron chi connectivity index (χ0n) is 13.3. The monoisotopic (exact) mass is 275 g/mol. The maximum Gasteiger partial charge on any atom is 0.114 e. The van der Waals surface area contributed by atoms with Crippen LogP contribution in [-0.2, 0) is 18.4 Å². The molecule has 1 N–H and O–H groups in total. The van der Waals surface area contributed by atoms with Crippen LogP contribution in [0.2, 0.25) is 0 Å². The van der Waals surface area contributed by atoms with Gasteiger partial charge in [0, 0.05) is 36.7 Å². The summed E-state index contributed by atoms with van der Waals surface area (Å²) in [7, 11) is 0. The highest BCUT2D eigenvalue weighted by atomic mass is 15.2. The highest BCUT2D eigenvalue weighted by molar-refractivity contribution is 5.24. The first-order valence-electron chi connectivity index (χ1n) is 8.38. The molecular weight excluding hydrogens is 246 g/mol. The van der Waals surface area contributed by atoms with Gasteiger partial charge in [0.25, 0.3) is 0 Å². The van der Waals surface area contributed by atoms with Gasteiger partial charge in [-0.3, -0.25) is 0 Å². The minimum Gasteiger partial charge on any atom is -0.328 e. The Bertz CT molecular complexity index is 459. The first-order chi connectivity index (χ1) is 9.57. The van der Waals surface area contributed by atoms with Crippen molar-refractivity contribution in [3.63, 3.8) is 0 Å². The summed E-state index contributed by atoms with van der Waals surface area (Å²) in [6, 6.07) is 0.695. The van der Waals surface area contributed by atoms with E-state index in [1.165, 1.54) is 55.7 Å². The molecule has 1 aliphatic carbocycles. The summed E-state index contributed by atoms with van der Waals surface area (Å²) in [5.74, 6) is 1.32. The molecule has 20 heavy (non-hydrogen) atoms. The van der Waals surface area contributed by atoms with E-state index in [2.05, 4.69) is 30.7 Å². The van der Waals surface area contributed by atoms with Gasteiger partial charge in [-0.25, -0.2) is 4.98 Å². The molecule has 0 aromatic carbocycles. The van der Waals surface area contributed by atoms with Crippen molar-refractivity contribution in [2.45, 2.75) is 83.7 Å². The molecule has 0 amide bonds.